The van der Waals surface area contributed by atoms with Crippen LogP contribution in [0.1, 0.15) is 52.0 Å². The van der Waals surface area contributed by atoms with Gasteiger partial charge < -0.3 is 14.1 Å². The van der Waals surface area contributed by atoms with Gasteiger partial charge in [0.2, 0.25) is 5.91 Å². The zero-order chi connectivity index (χ0) is 30.0. The Morgan fingerprint density at radius 1 is 1.12 bits per heavy atom. The zero-order valence-corrected chi connectivity index (χ0v) is 26.5. The van der Waals surface area contributed by atoms with Gasteiger partial charge in [-0.3, -0.25) is 14.9 Å². The second-order valence-electron chi connectivity index (χ2n) is 11.8. The van der Waals surface area contributed by atoms with Crippen LogP contribution in [0.15, 0.2) is 54.6 Å². The number of rotatable bonds is 11. The molecule has 1 aliphatic rings. The third kappa shape index (κ3) is 6.97. The highest BCUT2D eigenvalue weighted by molar-refractivity contribution is 7.80. The Kier molecular flexibility index (Phi) is 9.93. The summed E-state index contributed by atoms with van der Waals surface area (Å²) in [7, 11) is -2.22. The van der Waals surface area contributed by atoms with Crippen LogP contribution in [0.4, 0.5) is 0 Å². The van der Waals surface area contributed by atoms with Crippen LogP contribution in [0.2, 0.25) is 23.2 Å². The molecule has 11 heteroatoms. The normalized spacial score (nSPS) is 19.8. The lowest BCUT2D eigenvalue weighted by Gasteiger charge is -2.53. The van der Waals surface area contributed by atoms with Crippen molar-refractivity contribution in [3.8, 4) is 0 Å². The lowest BCUT2D eigenvalue weighted by molar-refractivity contribution is -0.576. The Labute approximate surface area is 247 Å². The topological polar surface area (TPSA) is 99.0 Å². The molecular weight excluding hydrogens is 568 g/mol. The van der Waals surface area contributed by atoms with Crippen molar-refractivity contribution in [3.63, 3.8) is 0 Å². The maximum atomic E-state index is 13.5. The number of carbonyl (C=O) groups excluding carboxylic acids is 2. The van der Waals surface area contributed by atoms with Gasteiger partial charge in [0.1, 0.15) is 6.54 Å². The number of likely N-dealkylation sites (tertiary alicyclic amines) is 1. The largest absolute Gasteiger partial charge is 0.413 e. The molecule has 8 nitrogen and oxygen atoms in total. The van der Waals surface area contributed by atoms with Gasteiger partial charge in [0.25, 0.3) is 0 Å². The lowest BCUT2D eigenvalue weighted by atomic mass is 9.74. The minimum atomic E-state index is -2.22. The van der Waals surface area contributed by atoms with Gasteiger partial charge in [-0.05, 0) is 54.9 Å². The summed E-state index contributed by atoms with van der Waals surface area (Å²) in [4.78, 5) is 39.5. The zero-order valence-electron chi connectivity index (χ0n) is 23.9. The van der Waals surface area contributed by atoms with E-state index in [1.54, 1.807) is 30.3 Å². The first kappa shape index (κ1) is 31.9. The molecule has 1 aliphatic heterocycles. The number of hydrogen-bond acceptors (Lipinski definition) is 7. The summed E-state index contributed by atoms with van der Waals surface area (Å²) in [6.07, 6.45) is -2.09. The second-order valence-corrected chi connectivity index (χ2v) is 17.4. The fourth-order valence-corrected chi connectivity index (χ4v) is 6.57. The van der Waals surface area contributed by atoms with Crippen LogP contribution in [-0.2, 0) is 18.8 Å². The molecule has 0 aromatic heterocycles. The summed E-state index contributed by atoms with van der Waals surface area (Å²) in [5, 5.41) is 12.2. The second kappa shape index (κ2) is 12.5. The Morgan fingerprint density at radius 3 is 2.23 bits per heavy atom. The van der Waals surface area contributed by atoms with Gasteiger partial charge in [-0.15, -0.1) is 0 Å². The predicted octanol–water partition coefficient (Wildman–Crippen LogP) is 6.45. The molecule has 5 atom stereocenters. The molecule has 0 radical (unpaired) electrons. The third-order valence-electron chi connectivity index (χ3n) is 7.96. The Bertz CT molecular complexity index is 1250. The highest BCUT2D eigenvalue weighted by atomic mass is 35.5. The molecule has 0 N–H and O–H groups in total. The highest BCUT2D eigenvalue weighted by Crippen LogP contribution is 2.42. The van der Waals surface area contributed by atoms with Crippen LogP contribution in [0.5, 0.6) is 0 Å². The Balaban J connectivity index is 1.86. The average molecular weight is 605 g/mol. The standard InChI is InChI=1S/C29H37ClN2O6SSi/c1-18(26(39)20-13-15-22(30)16-14-20)25-24(19(2)38-40(6,7)29(3,4)5)27(34)31(25)17-23(33)37-28(32(35)36)21-11-9-8-10-12-21/h8-16,18-19,24-25,28H,17H2,1-7H3/t18-,19-,24-,25-,28?/m1/s1. The molecule has 0 saturated carbocycles. The number of nitrogens with zero attached hydrogens (tertiary/aromatic N) is 2. The van der Waals surface area contributed by atoms with E-state index in [1.807, 2.05) is 26.0 Å². The van der Waals surface area contributed by atoms with Crippen LogP contribution in [-0.4, -0.2) is 53.6 Å². The number of hydrogen-bond donors (Lipinski definition) is 0. The van der Waals surface area contributed by atoms with Gasteiger partial charge >= 0.3 is 12.2 Å². The molecular formula is C29H37ClN2O6SSi. The fraction of sp³-hybridized carbons (Fsp3) is 0.483. The van der Waals surface area contributed by atoms with Crippen molar-refractivity contribution < 1.29 is 23.7 Å². The molecule has 0 aliphatic carbocycles. The summed E-state index contributed by atoms with van der Waals surface area (Å²) in [5.41, 5.74) is 1.03. The van der Waals surface area contributed by atoms with Crippen LogP contribution >= 0.6 is 23.8 Å². The van der Waals surface area contributed by atoms with Crippen LogP contribution in [0, 0.1) is 22.0 Å². The summed E-state index contributed by atoms with van der Waals surface area (Å²) in [6, 6.07) is 14.7. The summed E-state index contributed by atoms with van der Waals surface area (Å²) in [5.74, 6) is -2.00. The van der Waals surface area contributed by atoms with Crippen molar-refractivity contribution in [1.29, 1.82) is 0 Å². The van der Waals surface area contributed by atoms with E-state index in [4.69, 9.17) is 33.0 Å². The SMILES string of the molecule is C[C@@H](O[Si](C)(C)C(C)(C)C)[C@H]1C(=O)N(CC(=O)OC(c2ccccc2)[N+](=O)[O-])[C@@H]1[C@@H](C)C(=S)c1ccc(Cl)cc1. The van der Waals surface area contributed by atoms with E-state index >= 15 is 0 Å². The first-order valence-electron chi connectivity index (χ1n) is 13.2. The quantitative estimate of drug-likeness (QED) is 0.0425. The van der Waals surface area contributed by atoms with Crippen molar-refractivity contribution >= 4 is 48.9 Å². The van der Waals surface area contributed by atoms with Gasteiger partial charge in [0, 0.05) is 15.8 Å². The minimum Gasteiger partial charge on any atom is -0.413 e. The molecule has 1 unspecified atom stereocenters. The number of halogens is 1. The number of carbonyl (C=O) groups is 2. The van der Waals surface area contributed by atoms with Crippen LogP contribution in [0.3, 0.4) is 0 Å². The lowest BCUT2D eigenvalue weighted by Crippen LogP contribution is -2.69. The number of amides is 1. The van der Waals surface area contributed by atoms with E-state index < -0.39 is 50.0 Å². The molecule has 1 amide bonds. The number of β-lactam (4-membered cyclic amide) rings is 1. The van der Waals surface area contributed by atoms with E-state index in [-0.39, 0.29) is 22.4 Å². The Hall–Kier alpha value is -2.66. The molecule has 2 aromatic rings. The first-order chi connectivity index (χ1) is 18.5. The number of esters is 1. The van der Waals surface area contributed by atoms with Gasteiger partial charge in [-0.25, -0.2) is 4.79 Å². The Morgan fingerprint density at radius 2 is 1.70 bits per heavy atom. The number of ether oxygens (including phenoxy) is 1. The molecule has 0 spiro atoms. The van der Waals surface area contributed by atoms with Crippen molar-refractivity contribution in [3.05, 3.63) is 80.9 Å². The van der Waals surface area contributed by atoms with Crippen molar-refractivity contribution in [2.75, 3.05) is 6.54 Å². The van der Waals surface area contributed by atoms with Gasteiger partial charge in [0.05, 0.1) is 28.6 Å². The number of nitro groups is 1. The summed E-state index contributed by atoms with van der Waals surface area (Å²) in [6.45, 7) is 14.0. The first-order valence-corrected chi connectivity index (χ1v) is 16.9. The van der Waals surface area contributed by atoms with E-state index in [0.29, 0.717) is 9.89 Å². The molecule has 40 heavy (non-hydrogen) atoms. The van der Waals surface area contributed by atoms with Crippen LogP contribution in [0.25, 0.3) is 0 Å². The highest BCUT2D eigenvalue weighted by Gasteiger charge is 2.55. The van der Waals surface area contributed by atoms with Gasteiger partial charge in [0.15, 0.2) is 8.32 Å². The van der Waals surface area contributed by atoms with Crippen LogP contribution < -0.4 is 0 Å². The average Bonchev–Trinajstić information content (AvgIpc) is 2.87. The van der Waals surface area contributed by atoms with Gasteiger partial charge in [-0.2, -0.15) is 0 Å². The maximum Gasteiger partial charge on any atom is 0.382 e. The van der Waals surface area contributed by atoms with E-state index in [0.717, 1.165) is 5.56 Å². The molecule has 1 saturated heterocycles. The summed E-state index contributed by atoms with van der Waals surface area (Å²) >= 11 is 11.9. The van der Waals surface area contributed by atoms with E-state index in [2.05, 4.69) is 33.9 Å². The van der Waals surface area contributed by atoms with Crippen molar-refractivity contribution in [2.24, 2.45) is 11.8 Å². The fourth-order valence-electron chi connectivity index (χ4n) is 4.74. The maximum absolute atomic E-state index is 13.5. The van der Waals surface area contributed by atoms with E-state index in [9.17, 15) is 19.7 Å². The molecule has 1 fully saturated rings. The number of thiocarbonyl (C=S) groups is 1. The molecule has 0 bridgehead atoms. The smallest absolute Gasteiger partial charge is 0.382 e. The van der Waals surface area contributed by atoms with Crippen molar-refractivity contribution in [1.82, 2.24) is 4.90 Å². The summed E-state index contributed by atoms with van der Waals surface area (Å²) < 4.78 is 11.8. The van der Waals surface area contributed by atoms with Gasteiger partial charge in [-0.1, -0.05) is 81.8 Å². The predicted molar refractivity (Wildman–Crippen MR) is 161 cm³/mol. The molecule has 3 rings (SSSR count). The van der Waals surface area contributed by atoms with Crippen molar-refractivity contribution in [2.45, 2.75) is 71.1 Å². The molecule has 1 heterocycles. The monoisotopic (exact) mass is 604 g/mol. The van der Waals surface area contributed by atoms with E-state index in [1.165, 1.54) is 17.0 Å². The molecule has 216 valence electrons. The molecule has 2 aromatic carbocycles. The third-order valence-corrected chi connectivity index (χ3v) is 13.4. The minimum absolute atomic E-state index is 0.0632. The number of benzene rings is 2.